The van der Waals surface area contributed by atoms with Crippen LogP contribution in [0.1, 0.15) is 17.3 Å². The van der Waals surface area contributed by atoms with Crippen molar-refractivity contribution in [3.8, 4) is 5.75 Å². The van der Waals surface area contributed by atoms with E-state index in [9.17, 15) is 9.59 Å². The molecule has 1 aromatic carbocycles. The van der Waals surface area contributed by atoms with Crippen LogP contribution < -0.4 is 15.8 Å². The largest absolute Gasteiger partial charge is 0.497 e. The molecule has 0 aliphatic heterocycles. The monoisotopic (exact) mass is 273 g/mol. The number of rotatable bonds is 4. The third-order valence-corrected chi connectivity index (χ3v) is 2.93. The van der Waals surface area contributed by atoms with Gasteiger partial charge in [-0.25, -0.2) is 0 Å². The van der Waals surface area contributed by atoms with Crippen molar-refractivity contribution in [3.63, 3.8) is 0 Å². The third-order valence-electron chi connectivity index (χ3n) is 2.93. The predicted octanol–water partition coefficient (Wildman–Crippen LogP) is 0.847. The molecule has 0 saturated heterocycles. The van der Waals surface area contributed by atoms with Crippen LogP contribution in [0.5, 0.6) is 5.75 Å². The van der Waals surface area contributed by atoms with E-state index in [2.05, 4.69) is 10.3 Å². The Morgan fingerprint density at radius 3 is 2.75 bits per heavy atom. The summed E-state index contributed by atoms with van der Waals surface area (Å²) in [5, 5.41) is 3.32. The molecule has 6 heteroatoms. The van der Waals surface area contributed by atoms with Crippen molar-refractivity contribution in [3.05, 3.63) is 36.0 Å². The van der Waals surface area contributed by atoms with Gasteiger partial charge in [0.15, 0.2) is 0 Å². The molecule has 20 heavy (non-hydrogen) atoms. The third kappa shape index (κ3) is 2.85. The summed E-state index contributed by atoms with van der Waals surface area (Å²) in [6.45, 7) is 1.53. The molecule has 2 rings (SSSR count). The Morgan fingerprint density at radius 2 is 2.10 bits per heavy atom. The normalized spacial score (nSPS) is 11.9. The Balaban J connectivity index is 2.27. The summed E-state index contributed by atoms with van der Waals surface area (Å²) >= 11 is 0. The SMILES string of the molecule is COc1ccc2cc(C(=O)N[C@@H](C)C(N)=O)cnc2c1. The first-order valence-corrected chi connectivity index (χ1v) is 6.05. The zero-order valence-corrected chi connectivity index (χ0v) is 11.2. The number of hydrogen-bond acceptors (Lipinski definition) is 4. The van der Waals surface area contributed by atoms with Gasteiger partial charge in [-0.15, -0.1) is 0 Å². The smallest absolute Gasteiger partial charge is 0.253 e. The highest BCUT2D eigenvalue weighted by Gasteiger charge is 2.14. The molecule has 1 aromatic heterocycles. The van der Waals surface area contributed by atoms with Crippen LogP contribution >= 0.6 is 0 Å². The molecule has 0 aliphatic rings. The molecule has 0 aliphatic carbocycles. The first-order valence-electron chi connectivity index (χ1n) is 6.05. The Kier molecular flexibility index (Phi) is 3.84. The number of amides is 2. The van der Waals surface area contributed by atoms with E-state index in [1.807, 2.05) is 6.07 Å². The van der Waals surface area contributed by atoms with E-state index in [0.717, 1.165) is 10.9 Å². The van der Waals surface area contributed by atoms with Crippen molar-refractivity contribution in [1.29, 1.82) is 0 Å². The fourth-order valence-electron chi connectivity index (χ4n) is 1.70. The summed E-state index contributed by atoms with van der Waals surface area (Å²) in [4.78, 5) is 27.1. The summed E-state index contributed by atoms with van der Waals surface area (Å²) in [7, 11) is 1.58. The quantitative estimate of drug-likeness (QED) is 0.863. The van der Waals surface area contributed by atoms with Crippen molar-refractivity contribution in [2.45, 2.75) is 13.0 Å². The highest BCUT2D eigenvalue weighted by atomic mass is 16.5. The van der Waals surface area contributed by atoms with Gasteiger partial charge in [0.2, 0.25) is 5.91 Å². The maximum Gasteiger partial charge on any atom is 0.253 e. The molecule has 0 unspecified atom stereocenters. The fourth-order valence-corrected chi connectivity index (χ4v) is 1.70. The Hall–Kier alpha value is -2.63. The summed E-state index contributed by atoms with van der Waals surface area (Å²) in [5.74, 6) is -0.275. The molecular formula is C14H15N3O3. The lowest BCUT2D eigenvalue weighted by molar-refractivity contribution is -0.119. The molecule has 0 saturated carbocycles. The molecule has 1 atom stereocenters. The van der Waals surface area contributed by atoms with E-state index in [0.29, 0.717) is 11.3 Å². The highest BCUT2D eigenvalue weighted by molar-refractivity contribution is 5.99. The molecule has 104 valence electrons. The standard InChI is InChI=1S/C14H15N3O3/c1-8(13(15)18)17-14(19)10-5-9-3-4-11(20-2)6-12(9)16-7-10/h3-8H,1-2H3,(H2,15,18)(H,17,19)/t8-/m0/s1. The average Bonchev–Trinajstić information content (AvgIpc) is 2.45. The lowest BCUT2D eigenvalue weighted by atomic mass is 10.1. The van der Waals surface area contributed by atoms with Crippen molar-refractivity contribution in [1.82, 2.24) is 10.3 Å². The number of aromatic nitrogens is 1. The number of carbonyl (C=O) groups excluding carboxylic acids is 2. The molecule has 0 radical (unpaired) electrons. The summed E-state index contributed by atoms with van der Waals surface area (Å²) < 4.78 is 5.11. The van der Waals surface area contributed by atoms with Crippen LogP contribution in [0.3, 0.4) is 0 Å². The summed E-state index contributed by atoms with van der Waals surface area (Å²) in [6.07, 6.45) is 1.45. The average molecular weight is 273 g/mol. The number of ether oxygens (including phenoxy) is 1. The second-order valence-corrected chi connectivity index (χ2v) is 4.38. The molecule has 0 bridgehead atoms. The number of carbonyl (C=O) groups is 2. The minimum atomic E-state index is -0.728. The molecule has 6 nitrogen and oxygen atoms in total. The van der Waals surface area contributed by atoms with Crippen LogP contribution in [0, 0.1) is 0 Å². The number of hydrogen-bond donors (Lipinski definition) is 2. The van der Waals surface area contributed by atoms with Gasteiger partial charge in [-0.05, 0) is 25.1 Å². The molecule has 0 fully saturated rings. The number of pyridine rings is 1. The second kappa shape index (κ2) is 5.56. The van der Waals surface area contributed by atoms with Crippen molar-refractivity contribution in [2.75, 3.05) is 7.11 Å². The van der Waals surface area contributed by atoms with E-state index in [1.165, 1.54) is 13.1 Å². The molecule has 3 N–H and O–H groups in total. The minimum Gasteiger partial charge on any atom is -0.497 e. The Bertz CT molecular complexity index is 670. The second-order valence-electron chi connectivity index (χ2n) is 4.38. The van der Waals surface area contributed by atoms with Crippen molar-refractivity contribution in [2.24, 2.45) is 5.73 Å². The minimum absolute atomic E-state index is 0.371. The van der Waals surface area contributed by atoms with Gasteiger partial charge >= 0.3 is 0 Å². The van der Waals surface area contributed by atoms with E-state index in [-0.39, 0.29) is 5.91 Å². The maximum absolute atomic E-state index is 11.9. The van der Waals surface area contributed by atoms with E-state index in [1.54, 1.807) is 25.3 Å². The zero-order valence-electron chi connectivity index (χ0n) is 11.2. The number of nitrogens with zero attached hydrogens (tertiary/aromatic N) is 1. The van der Waals surface area contributed by atoms with Crippen LogP contribution in [-0.2, 0) is 4.79 Å². The zero-order chi connectivity index (χ0) is 14.7. The van der Waals surface area contributed by atoms with Crippen LogP contribution in [0.4, 0.5) is 0 Å². The summed E-state index contributed by atoms with van der Waals surface area (Å²) in [6, 6.07) is 6.36. The van der Waals surface area contributed by atoms with Gasteiger partial charge in [0.05, 0.1) is 18.2 Å². The van der Waals surface area contributed by atoms with Gasteiger partial charge in [-0.3, -0.25) is 14.6 Å². The molecule has 0 spiro atoms. The van der Waals surface area contributed by atoms with Crippen molar-refractivity contribution >= 4 is 22.7 Å². The van der Waals surface area contributed by atoms with E-state index < -0.39 is 11.9 Å². The number of primary amides is 1. The van der Waals surface area contributed by atoms with Gasteiger partial charge in [-0.1, -0.05) is 0 Å². The lowest BCUT2D eigenvalue weighted by Gasteiger charge is -2.10. The van der Waals surface area contributed by atoms with Crippen LogP contribution in [0.15, 0.2) is 30.5 Å². The van der Waals surface area contributed by atoms with Crippen LogP contribution in [-0.4, -0.2) is 29.9 Å². The van der Waals surface area contributed by atoms with Gasteiger partial charge in [0.25, 0.3) is 5.91 Å². The number of nitrogens with one attached hydrogen (secondary N) is 1. The van der Waals surface area contributed by atoms with E-state index in [4.69, 9.17) is 10.5 Å². The Labute approximate surface area is 115 Å². The van der Waals surface area contributed by atoms with Gasteiger partial charge in [0.1, 0.15) is 11.8 Å². The molecular weight excluding hydrogens is 258 g/mol. The number of nitrogens with two attached hydrogens (primary N) is 1. The van der Waals surface area contributed by atoms with Gasteiger partial charge in [-0.2, -0.15) is 0 Å². The fraction of sp³-hybridized carbons (Fsp3) is 0.214. The Morgan fingerprint density at radius 1 is 1.35 bits per heavy atom. The van der Waals surface area contributed by atoms with Crippen LogP contribution in [0.2, 0.25) is 0 Å². The predicted molar refractivity (Wildman–Crippen MR) is 74.4 cm³/mol. The van der Waals surface area contributed by atoms with Crippen molar-refractivity contribution < 1.29 is 14.3 Å². The first-order chi connectivity index (χ1) is 9.51. The maximum atomic E-state index is 11.9. The van der Waals surface area contributed by atoms with Gasteiger partial charge in [0, 0.05) is 17.6 Å². The number of methoxy groups -OCH3 is 1. The highest BCUT2D eigenvalue weighted by Crippen LogP contribution is 2.19. The van der Waals surface area contributed by atoms with Gasteiger partial charge < -0.3 is 15.8 Å². The molecule has 2 aromatic rings. The first kappa shape index (κ1) is 13.8. The van der Waals surface area contributed by atoms with Crippen LogP contribution in [0.25, 0.3) is 10.9 Å². The topological polar surface area (TPSA) is 94.3 Å². The van der Waals surface area contributed by atoms with E-state index >= 15 is 0 Å². The molecule has 2 amide bonds. The number of benzene rings is 1. The lowest BCUT2D eigenvalue weighted by Crippen LogP contribution is -2.42. The number of fused-ring (bicyclic) bond motifs is 1. The summed E-state index contributed by atoms with van der Waals surface area (Å²) in [5.41, 5.74) is 6.20. The molecule has 1 heterocycles.